The third-order valence-electron chi connectivity index (χ3n) is 6.15. The molecule has 0 saturated heterocycles. The fourth-order valence-corrected chi connectivity index (χ4v) is 5.55. The van der Waals surface area contributed by atoms with Gasteiger partial charge < -0.3 is 15.0 Å². The van der Waals surface area contributed by atoms with Crippen LogP contribution in [0.2, 0.25) is 0 Å². The van der Waals surface area contributed by atoms with E-state index < -0.39 is 22.0 Å². The van der Waals surface area contributed by atoms with Crippen molar-refractivity contribution in [2.24, 2.45) is 0 Å². The lowest BCUT2D eigenvalue weighted by molar-refractivity contribution is -0.118. The van der Waals surface area contributed by atoms with Gasteiger partial charge in [-0.1, -0.05) is 36.4 Å². The van der Waals surface area contributed by atoms with Crippen LogP contribution in [0, 0.1) is 6.92 Å². The van der Waals surface area contributed by atoms with Crippen LogP contribution in [0.3, 0.4) is 0 Å². The zero-order chi connectivity index (χ0) is 25.9. The quantitative estimate of drug-likeness (QED) is 0.486. The molecule has 0 fully saturated rings. The second-order valence-electron chi connectivity index (χ2n) is 8.77. The first kappa shape index (κ1) is 25.4. The summed E-state index contributed by atoms with van der Waals surface area (Å²) in [6.45, 7) is 3.89. The van der Waals surface area contributed by atoms with Crippen LogP contribution in [0.25, 0.3) is 0 Å². The van der Waals surface area contributed by atoms with E-state index in [9.17, 15) is 18.0 Å². The number of hydrogen-bond donors (Lipinski definition) is 2. The Morgan fingerprint density at radius 1 is 1.06 bits per heavy atom. The molecule has 9 heteroatoms. The number of methoxy groups -OCH3 is 1. The maximum atomic E-state index is 13.4. The van der Waals surface area contributed by atoms with Crippen LogP contribution in [0.4, 0.5) is 11.4 Å². The highest BCUT2D eigenvalue weighted by Crippen LogP contribution is 2.30. The molecule has 8 nitrogen and oxygen atoms in total. The van der Waals surface area contributed by atoms with E-state index in [1.54, 1.807) is 29.2 Å². The van der Waals surface area contributed by atoms with Crippen LogP contribution >= 0.6 is 0 Å². The SMILES string of the molecule is COc1ccc(C)cc1NC(=O)[C@H](Cc1ccccc1)NS(=O)(=O)c1ccc2c(c1)CCN2C(C)=O. The van der Waals surface area contributed by atoms with Crippen LogP contribution in [0.5, 0.6) is 5.75 Å². The molecular weight excluding hydrogens is 478 g/mol. The van der Waals surface area contributed by atoms with E-state index in [1.165, 1.54) is 20.1 Å². The highest BCUT2D eigenvalue weighted by atomic mass is 32.2. The van der Waals surface area contributed by atoms with Gasteiger partial charge in [0.25, 0.3) is 0 Å². The normalized spacial score (nSPS) is 13.7. The van der Waals surface area contributed by atoms with Crippen molar-refractivity contribution in [2.45, 2.75) is 37.6 Å². The van der Waals surface area contributed by atoms with E-state index in [-0.39, 0.29) is 17.2 Å². The molecule has 2 N–H and O–H groups in total. The molecule has 0 aromatic heterocycles. The van der Waals surface area contributed by atoms with E-state index in [1.807, 2.05) is 43.3 Å². The zero-order valence-corrected chi connectivity index (χ0v) is 21.3. The second kappa shape index (κ2) is 10.5. The highest BCUT2D eigenvalue weighted by Gasteiger charge is 2.29. The Balaban J connectivity index is 1.62. The highest BCUT2D eigenvalue weighted by molar-refractivity contribution is 7.89. The number of carbonyl (C=O) groups is 2. The number of fused-ring (bicyclic) bond motifs is 1. The fourth-order valence-electron chi connectivity index (χ4n) is 4.30. The average Bonchev–Trinajstić information content (AvgIpc) is 3.28. The number of hydrogen-bond acceptors (Lipinski definition) is 5. The summed E-state index contributed by atoms with van der Waals surface area (Å²) in [5.41, 5.74) is 3.68. The molecule has 0 saturated carbocycles. The number of sulfonamides is 1. The number of rotatable bonds is 8. The first-order valence-electron chi connectivity index (χ1n) is 11.6. The maximum Gasteiger partial charge on any atom is 0.243 e. The third kappa shape index (κ3) is 5.58. The largest absolute Gasteiger partial charge is 0.495 e. The van der Waals surface area contributed by atoms with Crippen molar-refractivity contribution in [3.05, 3.63) is 83.4 Å². The minimum absolute atomic E-state index is 0.0469. The standard InChI is InChI=1S/C27H29N3O5S/c1-18-9-12-26(35-3)23(15-18)28-27(32)24(16-20-7-5-4-6-8-20)29-36(33,34)22-10-11-25-21(17-22)13-14-30(25)19(2)31/h4-12,15,17,24,29H,13-14,16H2,1-3H3,(H,28,32)/t24-/m0/s1. The van der Waals surface area contributed by atoms with E-state index in [0.717, 1.165) is 16.7 Å². The number of carbonyl (C=O) groups excluding carboxylic acids is 2. The minimum Gasteiger partial charge on any atom is -0.495 e. The summed E-state index contributed by atoms with van der Waals surface area (Å²) in [6, 6.07) is 18.2. The summed E-state index contributed by atoms with van der Waals surface area (Å²) >= 11 is 0. The van der Waals surface area contributed by atoms with Gasteiger partial charge in [0.15, 0.2) is 0 Å². The third-order valence-corrected chi connectivity index (χ3v) is 7.62. The molecule has 1 heterocycles. The number of anilines is 2. The molecule has 1 aliphatic heterocycles. The van der Waals surface area contributed by atoms with Crippen molar-refractivity contribution in [2.75, 3.05) is 23.9 Å². The molecule has 0 unspecified atom stereocenters. The molecule has 0 bridgehead atoms. The monoisotopic (exact) mass is 507 g/mol. The molecule has 4 rings (SSSR count). The van der Waals surface area contributed by atoms with Gasteiger partial charge in [-0.2, -0.15) is 4.72 Å². The van der Waals surface area contributed by atoms with Gasteiger partial charge in [0.1, 0.15) is 11.8 Å². The van der Waals surface area contributed by atoms with Crippen LogP contribution in [-0.4, -0.2) is 39.9 Å². The Bertz CT molecular complexity index is 1390. The van der Waals surface area contributed by atoms with Gasteiger partial charge in [-0.05, 0) is 66.8 Å². The summed E-state index contributed by atoms with van der Waals surface area (Å²) < 4.78 is 34.7. The molecule has 3 aromatic carbocycles. The lowest BCUT2D eigenvalue weighted by Gasteiger charge is -2.20. The molecule has 1 atom stereocenters. The number of ether oxygens (including phenoxy) is 1. The van der Waals surface area contributed by atoms with Crippen molar-refractivity contribution < 1.29 is 22.7 Å². The van der Waals surface area contributed by atoms with Crippen molar-refractivity contribution in [3.8, 4) is 5.75 Å². The molecule has 0 aliphatic carbocycles. The van der Waals surface area contributed by atoms with Gasteiger partial charge >= 0.3 is 0 Å². The zero-order valence-electron chi connectivity index (χ0n) is 20.4. The van der Waals surface area contributed by atoms with Crippen molar-refractivity contribution in [1.29, 1.82) is 0 Å². The van der Waals surface area contributed by atoms with E-state index in [2.05, 4.69) is 10.0 Å². The summed E-state index contributed by atoms with van der Waals surface area (Å²) in [6.07, 6.45) is 0.725. The molecule has 3 aromatic rings. The number of nitrogens with one attached hydrogen (secondary N) is 2. The number of benzene rings is 3. The van der Waals surface area contributed by atoms with E-state index >= 15 is 0 Å². The van der Waals surface area contributed by atoms with Crippen LogP contribution in [-0.2, 0) is 32.5 Å². The van der Waals surface area contributed by atoms with Gasteiger partial charge in [0.2, 0.25) is 21.8 Å². The predicted molar refractivity (Wildman–Crippen MR) is 139 cm³/mol. The Labute approximate surface area is 211 Å². The first-order chi connectivity index (χ1) is 17.2. The van der Waals surface area contributed by atoms with Gasteiger partial charge in [-0.25, -0.2) is 8.42 Å². The smallest absolute Gasteiger partial charge is 0.243 e. The lowest BCUT2D eigenvalue weighted by atomic mass is 10.1. The van der Waals surface area contributed by atoms with Crippen molar-refractivity contribution in [3.63, 3.8) is 0 Å². The molecule has 2 amide bonds. The maximum absolute atomic E-state index is 13.4. The van der Waals surface area contributed by atoms with Crippen molar-refractivity contribution in [1.82, 2.24) is 4.72 Å². The molecule has 0 spiro atoms. The van der Waals surface area contributed by atoms with Crippen LogP contribution in [0.15, 0.2) is 71.6 Å². The number of nitrogens with zero attached hydrogens (tertiary/aromatic N) is 1. The van der Waals surface area contributed by atoms with Crippen LogP contribution < -0.4 is 19.7 Å². The molecule has 188 valence electrons. The van der Waals surface area contributed by atoms with Gasteiger partial charge in [-0.15, -0.1) is 0 Å². The van der Waals surface area contributed by atoms with Gasteiger partial charge in [0.05, 0.1) is 17.7 Å². The van der Waals surface area contributed by atoms with Crippen LogP contribution in [0.1, 0.15) is 23.6 Å². The van der Waals surface area contributed by atoms with E-state index in [4.69, 9.17) is 4.74 Å². The average molecular weight is 508 g/mol. The Hall–Kier alpha value is -3.69. The first-order valence-corrected chi connectivity index (χ1v) is 13.1. The summed E-state index contributed by atoms with van der Waals surface area (Å²) in [7, 11) is -2.54. The lowest BCUT2D eigenvalue weighted by Crippen LogP contribution is -2.45. The summed E-state index contributed by atoms with van der Waals surface area (Å²) in [5.74, 6) is -0.118. The predicted octanol–water partition coefficient (Wildman–Crippen LogP) is 3.44. The number of aryl methyl sites for hydroxylation is 1. The number of amides is 2. The topological polar surface area (TPSA) is 105 Å². The molecule has 36 heavy (non-hydrogen) atoms. The van der Waals surface area contributed by atoms with Crippen molar-refractivity contribution >= 4 is 33.2 Å². The molecule has 0 radical (unpaired) electrons. The second-order valence-corrected chi connectivity index (χ2v) is 10.5. The van der Waals surface area contributed by atoms with Gasteiger partial charge in [0, 0.05) is 19.2 Å². The molecule has 1 aliphatic rings. The Morgan fingerprint density at radius 3 is 2.50 bits per heavy atom. The van der Waals surface area contributed by atoms with E-state index in [0.29, 0.717) is 30.1 Å². The Kier molecular flexibility index (Phi) is 7.42. The Morgan fingerprint density at radius 2 is 1.81 bits per heavy atom. The fraction of sp³-hybridized carbons (Fsp3) is 0.259. The summed E-state index contributed by atoms with van der Waals surface area (Å²) in [4.78, 5) is 26.9. The van der Waals surface area contributed by atoms with Gasteiger partial charge in [-0.3, -0.25) is 9.59 Å². The molecular formula is C27H29N3O5S. The minimum atomic E-state index is -4.05. The summed E-state index contributed by atoms with van der Waals surface area (Å²) in [5, 5.41) is 2.82.